The minimum Gasteiger partial charge on any atom is -0.479 e. The van der Waals surface area contributed by atoms with Crippen molar-refractivity contribution < 1.29 is 58.2 Å². The molecule has 1 heterocycles. The van der Waals surface area contributed by atoms with Gasteiger partial charge in [-0.2, -0.15) is 0 Å². The van der Waals surface area contributed by atoms with Crippen LogP contribution in [0, 0.1) is 0 Å². The van der Waals surface area contributed by atoms with Crippen molar-refractivity contribution in [3.8, 4) is 0 Å². The summed E-state index contributed by atoms with van der Waals surface area (Å²) in [5.41, 5.74) is 0. The largest absolute Gasteiger partial charge is 0.479 e. The monoisotopic (exact) mass is 1030 g/mol. The number of carbonyl (C=O) groups excluding carboxylic acids is 3. The number of rotatable bonds is 48. The van der Waals surface area contributed by atoms with Crippen molar-refractivity contribution in [3.63, 3.8) is 0 Å². The molecule has 0 saturated carbocycles. The minimum absolute atomic E-state index is 0.0435. The number of carbonyl (C=O) groups is 4. The van der Waals surface area contributed by atoms with Gasteiger partial charge in [-0.25, -0.2) is 4.79 Å². The summed E-state index contributed by atoms with van der Waals surface area (Å²) in [6.45, 7) is 5.78. The minimum atomic E-state index is -1.91. The maximum atomic E-state index is 13.1. The van der Waals surface area contributed by atoms with E-state index in [1.165, 1.54) is 83.5 Å². The van der Waals surface area contributed by atoms with Crippen molar-refractivity contribution >= 4 is 23.9 Å². The highest BCUT2D eigenvalue weighted by Gasteiger charge is 2.50. The maximum absolute atomic E-state index is 13.1. The first kappa shape index (κ1) is 67.2. The number of ether oxygens (including phenoxy) is 5. The van der Waals surface area contributed by atoms with Gasteiger partial charge in [0.25, 0.3) is 0 Å². The Morgan fingerprint density at radius 2 is 0.890 bits per heavy atom. The summed E-state index contributed by atoms with van der Waals surface area (Å²) in [5.74, 6) is -3.20. The SMILES string of the molecule is CC/C=C\C/C=C\C/C=C\C/C=C\C/C=C\CCCC(=O)OCC(COC1OC(C(=O)O)C(O)C(O)C1OC(=O)CCCCCCC/C=C\CCCC)OC(=O)CCCCCCCCCCCCCCCCC. The highest BCUT2D eigenvalue weighted by molar-refractivity contribution is 5.74. The van der Waals surface area contributed by atoms with E-state index >= 15 is 0 Å². The number of carboxylic acids is 1. The fourth-order valence-corrected chi connectivity index (χ4v) is 8.33. The van der Waals surface area contributed by atoms with E-state index in [0.29, 0.717) is 25.7 Å². The Kier molecular flexibility index (Phi) is 45.1. The number of aliphatic hydroxyl groups excluding tert-OH is 2. The van der Waals surface area contributed by atoms with Crippen LogP contribution in [0.2, 0.25) is 0 Å². The summed E-state index contributed by atoms with van der Waals surface area (Å²) in [5, 5.41) is 31.4. The maximum Gasteiger partial charge on any atom is 0.335 e. The summed E-state index contributed by atoms with van der Waals surface area (Å²) < 4.78 is 28.3. The molecule has 0 spiro atoms. The van der Waals surface area contributed by atoms with Gasteiger partial charge < -0.3 is 39.0 Å². The topological polar surface area (TPSA) is 175 Å². The Morgan fingerprint density at radius 1 is 0.466 bits per heavy atom. The quantitative estimate of drug-likeness (QED) is 0.0228. The second-order valence-electron chi connectivity index (χ2n) is 19.5. The van der Waals surface area contributed by atoms with Crippen molar-refractivity contribution in [2.24, 2.45) is 0 Å². The third-order valence-corrected chi connectivity index (χ3v) is 12.8. The molecule has 3 N–H and O–H groups in total. The van der Waals surface area contributed by atoms with Crippen LogP contribution in [0.4, 0.5) is 0 Å². The van der Waals surface area contributed by atoms with E-state index in [1.54, 1.807) is 0 Å². The van der Waals surface area contributed by atoms with Gasteiger partial charge in [0.1, 0.15) is 18.8 Å². The van der Waals surface area contributed by atoms with E-state index in [9.17, 15) is 34.5 Å². The van der Waals surface area contributed by atoms with Gasteiger partial charge in [0.15, 0.2) is 24.6 Å². The molecule has 0 radical (unpaired) electrons. The molecule has 6 atom stereocenters. The molecular formula is C61H102O12. The smallest absolute Gasteiger partial charge is 0.335 e. The highest BCUT2D eigenvalue weighted by Crippen LogP contribution is 2.26. The van der Waals surface area contributed by atoms with E-state index in [0.717, 1.165) is 89.9 Å². The van der Waals surface area contributed by atoms with Gasteiger partial charge in [-0.15, -0.1) is 0 Å². The van der Waals surface area contributed by atoms with Crippen LogP contribution in [0.25, 0.3) is 0 Å². The molecule has 0 bridgehead atoms. The molecule has 418 valence electrons. The van der Waals surface area contributed by atoms with Crippen LogP contribution in [-0.2, 0) is 42.9 Å². The Balaban J connectivity index is 2.74. The summed E-state index contributed by atoms with van der Waals surface area (Å²) in [7, 11) is 0. The number of unbranched alkanes of at least 4 members (excludes halogenated alkanes) is 22. The van der Waals surface area contributed by atoms with Crippen LogP contribution in [0.5, 0.6) is 0 Å². The fourth-order valence-electron chi connectivity index (χ4n) is 8.33. The summed E-state index contributed by atoms with van der Waals surface area (Å²) >= 11 is 0. The first-order valence-corrected chi connectivity index (χ1v) is 28.9. The van der Waals surface area contributed by atoms with E-state index in [2.05, 4.69) is 87.6 Å². The lowest BCUT2D eigenvalue weighted by Crippen LogP contribution is -2.61. The fraction of sp³-hybridized carbons (Fsp3) is 0.738. The Bertz CT molecular complexity index is 1550. The predicted molar refractivity (Wildman–Crippen MR) is 294 cm³/mol. The van der Waals surface area contributed by atoms with Gasteiger partial charge in [0.2, 0.25) is 0 Å². The molecular weight excluding hydrogens is 925 g/mol. The summed E-state index contributed by atoms with van der Waals surface area (Å²) in [4.78, 5) is 51.0. The van der Waals surface area contributed by atoms with Crippen LogP contribution in [-0.4, -0.2) is 89.2 Å². The van der Waals surface area contributed by atoms with Crippen LogP contribution < -0.4 is 0 Å². The number of esters is 3. The Morgan fingerprint density at radius 3 is 1.41 bits per heavy atom. The molecule has 1 fully saturated rings. The van der Waals surface area contributed by atoms with Gasteiger partial charge in [-0.3, -0.25) is 14.4 Å². The molecule has 12 nitrogen and oxygen atoms in total. The molecule has 1 rings (SSSR count). The molecule has 0 aromatic heterocycles. The molecule has 1 aliphatic rings. The van der Waals surface area contributed by atoms with Crippen LogP contribution in [0.1, 0.15) is 239 Å². The van der Waals surface area contributed by atoms with Crippen LogP contribution in [0.15, 0.2) is 72.9 Å². The number of hydrogen-bond donors (Lipinski definition) is 3. The average Bonchev–Trinajstić information content (AvgIpc) is 3.37. The molecule has 12 heteroatoms. The molecule has 1 aliphatic heterocycles. The van der Waals surface area contributed by atoms with Crippen molar-refractivity contribution in [3.05, 3.63) is 72.9 Å². The van der Waals surface area contributed by atoms with E-state index in [1.807, 2.05) is 6.08 Å². The predicted octanol–water partition coefficient (Wildman–Crippen LogP) is 14.6. The van der Waals surface area contributed by atoms with Crippen LogP contribution >= 0.6 is 0 Å². The van der Waals surface area contributed by atoms with Crippen molar-refractivity contribution in [1.82, 2.24) is 0 Å². The number of allylic oxidation sites excluding steroid dienone is 12. The lowest BCUT2D eigenvalue weighted by molar-refractivity contribution is -0.301. The van der Waals surface area contributed by atoms with E-state index < -0.39 is 67.3 Å². The second-order valence-corrected chi connectivity index (χ2v) is 19.5. The third kappa shape index (κ3) is 39.3. The molecule has 73 heavy (non-hydrogen) atoms. The van der Waals surface area contributed by atoms with Crippen molar-refractivity contribution in [1.29, 1.82) is 0 Å². The van der Waals surface area contributed by atoms with E-state index in [4.69, 9.17) is 23.7 Å². The van der Waals surface area contributed by atoms with Gasteiger partial charge in [0, 0.05) is 19.3 Å². The number of carboxylic acid groups (broad SMARTS) is 1. The van der Waals surface area contributed by atoms with Gasteiger partial charge in [0.05, 0.1) is 6.61 Å². The summed E-state index contributed by atoms with van der Waals surface area (Å²) in [6.07, 6.45) is 48.9. The molecule has 0 aromatic rings. The number of aliphatic hydroxyl groups is 2. The van der Waals surface area contributed by atoms with E-state index in [-0.39, 0.29) is 25.9 Å². The second kappa shape index (κ2) is 49.1. The highest BCUT2D eigenvalue weighted by atomic mass is 16.7. The number of aliphatic carboxylic acids is 1. The lowest BCUT2D eigenvalue weighted by Gasteiger charge is -2.40. The molecule has 0 aromatic carbocycles. The third-order valence-electron chi connectivity index (χ3n) is 12.8. The molecule has 1 saturated heterocycles. The average molecular weight is 1030 g/mol. The zero-order valence-electron chi connectivity index (χ0n) is 45.9. The van der Waals surface area contributed by atoms with Crippen molar-refractivity contribution in [2.45, 2.75) is 276 Å². The standard InChI is InChI=1S/C61H102O12/c1-4-7-10-13-16-19-22-24-26-27-29-30-33-35-38-41-44-47-53(62)69-50-52(71-54(63)48-45-42-39-37-34-31-28-25-23-20-17-14-11-8-5-2)51-70-61-59(57(66)56(65)58(73-61)60(67)68)72-55(64)49-46-43-40-36-32-21-18-15-12-9-6-3/h7,10,15-16,18-19,24,26,29-30,35,38,52,56-59,61,65-66H,4-6,8-9,11-14,17,20-23,25,27-28,31-34,36-37,39-51H2,1-3H3,(H,67,68)/b10-7-,18-15-,19-16-,26-24-,30-29-,38-35-. The first-order chi connectivity index (χ1) is 35.6. The normalized spacial score (nSPS) is 18.8. The van der Waals surface area contributed by atoms with Gasteiger partial charge in [-0.05, 0) is 77.0 Å². The Hall–Kier alpha value is -3.84. The molecule has 0 amide bonds. The first-order valence-electron chi connectivity index (χ1n) is 28.9. The zero-order chi connectivity index (χ0) is 53.3. The molecule has 0 aliphatic carbocycles. The number of hydrogen-bond acceptors (Lipinski definition) is 11. The van der Waals surface area contributed by atoms with Crippen molar-refractivity contribution in [2.75, 3.05) is 13.2 Å². The Labute approximate surface area is 442 Å². The van der Waals surface area contributed by atoms with Gasteiger partial charge in [-0.1, -0.05) is 216 Å². The zero-order valence-corrected chi connectivity index (χ0v) is 45.9. The summed E-state index contributed by atoms with van der Waals surface area (Å²) in [6, 6.07) is 0. The van der Waals surface area contributed by atoms with Gasteiger partial charge >= 0.3 is 23.9 Å². The molecule has 6 unspecified atom stereocenters. The van der Waals surface area contributed by atoms with Crippen LogP contribution in [0.3, 0.4) is 0 Å². The lowest BCUT2D eigenvalue weighted by atomic mass is 9.98.